The maximum absolute atomic E-state index is 12.1. The number of halogens is 1. The molecule has 0 aromatic heterocycles. The second-order valence-corrected chi connectivity index (χ2v) is 7.67. The number of nitrogens with zero attached hydrogens (tertiary/aromatic N) is 1. The average Bonchev–Trinajstić information content (AvgIpc) is 2.58. The molecule has 0 spiro atoms. The molecule has 1 atom stereocenters. The first kappa shape index (κ1) is 20.1. The fraction of sp³-hybridized carbons (Fsp3) is 0.579. The van der Waals surface area contributed by atoms with E-state index in [-0.39, 0.29) is 37.3 Å². The maximum Gasteiger partial charge on any atom is 0.306 e. The molecule has 1 aliphatic heterocycles. The highest BCUT2D eigenvalue weighted by atomic mass is 79.9. The molecule has 1 unspecified atom stereocenters. The molecule has 0 aliphatic carbocycles. The van der Waals surface area contributed by atoms with E-state index < -0.39 is 0 Å². The third-order valence-corrected chi connectivity index (χ3v) is 4.53. The third-order valence-electron chi connectivity index (χ3n) is 4.00. The third kappa shape index (κ3) is 7.26. The minimum absolute atomic E-state index is 0.0542. The van der Waals surface area contributed by atoms with E-state index in [1.165, 1.54) is 0 Å². The van der Waals surface area contributed by atoms with Gasteiger partial charge in [-0.25, -0.2) is 0 Å². The topological polar surface area (TPSA) is 55.8 Å². The van der Waals surface area contributed by atoms with E-state index in [9.17, 15) is 9.59 Å². The zero-order chi connectivity index (χ0) is 18.2. The molecule has 6 heteroatoms. The molecule has 0 radical (unpaired) electrons. The molecule has 0 saturated carbocycles. The fourth-order valence-electron chi connectivity index (χ4n) is 2.82. The number of rotatable bonds is 8. The molecular formula is C19H26BrNO4. The molecule has 0 N–H and O–H groups in total. The average molecular weight is 412 g/mol. The number of esters is 1. The van der Waals surface area contributed by atoms with Crippen LogP contribution in [0.5, 0.6) is 0 Å². The van der Waals surface area contributed by atoms with Crippen molar-refractivity contribution in [2.75, 3.05) is 32.8 Å². The van der Waals surface area contributed by atoms with Gasteiger partial charge in [0.1, 0.15) is 12.7 Å². The van der Waals surface area contributed by atoms with Crippen LogP contribution in [-0.4, -0.2) is 55.6 Å². The van der Waals surface area contributed by atoms with E-state index in [0.717, 1.165) is 24.1 Å². The molecule has 25 heavy (non-hydrogen) atoms. The maximum atomic E-state index is 12.1. The number of carbonyl (C=O) groups is 2. The van der Waals surface area contributed by atoms with Crippen LogP contribution in [-0.2, 0) is 14.3 Å². The molecule has 1 aromatic carbocycles. The van der Waals surface area contributed by atoms with Crippen molar-refractivity contribution in [3.63, 3.8) is 0 Å². The van der Waals surface area contributed by atoms with E-state index in [1.54, 1.807) is 12.1 Å². The largest absolute Gasteiger partial charge is 0.463 e. The number of benzene rings is 1. The van der Waals surface area contributed by atoms with Crippen LogP contribution >= 0.6 is 15.9 Å². The van der Waals surface area contributed by atoms with Crippen LogP contribution < -0.4 is 0 Å². The Kier molecular flexibility index (Phi) is 8.06. The smallest absolute Gasteiger partial charge is 0.306 e. The van der Waals surface area contributed by atoms with Gasteiger partial charge in [-0.15, -0.1) is 0 Å². The number of hydrogen-bond donors (Lipinski definition) is 0. The van der Waals surface area contributed by atoms with Gasteiger partial charge in [-0.05, 0) is 18.1 Å². The van der Waals surface area contributed by atoms with Crippen LogP contribution in [0, 0.1) is 5.92 Å². The highest BCUT2D eigenvalue weighted by molar-refractivity contribution is 9.10. The predicted molar refractivity (Wildman–Crippen MR) is 99.7 cm³/mol. The monoisotopic (exact) mass is 411 g/mol. The van der Waals surface area contributed by atoms with Crippen molar-refractivity contribution < 1.29 is 19.1 Å². The van der Waals surface area contributed by atoms with Crippen molar-refractivity contribution in [2.24, 2.45) is 5.92 Å². The minimum Gasteiger partial charge on any atom is -0.463 e. The van der Waals surface area contributed by atoms with Crippen LogP contribution in [0.25, 0.3) is 0 Å². The Morgan fingerprint density at radius 2 is 2.00 bits per heavy atom. The van der Waals surface area contributed by atoms with Crippen LogP contribution in [0.4, 0.5) is 0 Å². The first-order chi connectivity index (χ1) is 11.9. The Labute approximate surface area is 157 Å². The van der Waals surface area contributed by atoms with Gasteiger partial charge >= 0.3 is 5.97 Å². The van der Waals surface area contributed by atoms with Gasteiger partial charge in [-0.1, -0.05) is 41.9 Å². The zero-order valence-electron chi connectivity index (χ0n) is 14.9. The van der Waals surface area contributed by atoms with Crippen molar-refractivity contribution in [1.29, 1.82) is 0 Å². The Morgan fingerprint density at radius 1 is 1.28 bits per heavy atom. The van der Waals surface area contributed by atoms with E-state index in [2.05, 4.69) is 34.7 Å². The fourth-order valence-corrected chi connectivity index (χ4v) is 3.08. The van der Waals surface area contributed by atoms with Crippen LogP contribution in [0.2, 0.25) is 0 Å². The van der Waals surface area contributed by atoms with E-state index in [4.69, 9.17) is 9.47 Å². The number of ketones is 1. The Hall–Kier alpha value is -1.24. The molecular weight excluding hydrogens is 386 g/mol. The van der Waals surface area contributed by atoms with Gasteiger partial charge in [0.25, 0.3) is 0 Å². The SMILES string of the molecule is CC(C)CN1CCOC(COC(=O)CCC(=O)c2ccc(Br)cc2)C1. The standard InChI is InChI=1S/C19H26BrNO4/c1-14(2)11-21-9-10-24-17(12-21)13-25-19(23)8-7-18(22)15-3-5-16(20)6-4-15/h3-6,14,17H,7-13H2,1-2H3. The molecule has 1 aliphatic rings. The van der Waals surface area contributed by atoms with Gasteiger partial charge in [0.2, 0.25) is 0 Å². The van der Waals surface area contributed by atoms with Gasteiger partial charge in [0, 0.05) is 36.1 Å². The van der Waals surface area contributed by atoms with Gasteiger partial charge in [-0.2, -0.15) is 0 Å². The second-order valence-electron chi connectivity index (χ2n) is 6.76. The lowest BCUT2D eigenvalue weighted by molar-refractivity contribution is -0.150. The second kappa shape index (κ2) is 10.0. The Bertz CT molecular complexity index is 573. The lowest BCUT2D eigenvalue weighted by atomic mass is 10.1. The predicted octanol–water partition coefficient (Wildman–Crippen LogP) is 3.31. The van der Waals surface area contributed by atoms with Crippen LogP contribution in [0.3, 0.4) is 0 Å². The summed E-state index contributed by atoms with van der Waals surface area (Å²) in [4.78, 5) is 26.3. The summed E-state index contributed by atoms with van der Waals surface area (Å²) in [6.07, 6.45) is 0.168. The minimum atomic E-state index is -0.352. The van der Waals surface area contributed by atoms with Gasteiger partial charge < -0.3 is 9.47 Å². The first-order valence-corrected chi connectivity index (χ1v) is 9.51. The van der Waals surface area contributed by atoms with Gasteiger partial charge in [0.15, 0.2) is 5.78 Å². The van der Waals surface area contributed by atoms with Crippen molar-refractivity contribution >= 4 is 27.7 Å². The Balaban J connectivity index is 1.68. The summed E-state index contributed by atoms with van der Waals surface area (Å²) in [7, 11) is 0. The molecule has 138 valence electrons. The van der Waals surface area contributed by atoms with Gasteiger partial charge in [0.05, 0.1) is 13.0 Å². The molecule has 5 nitrogen and oxygen atoms in total. The first-order valence-electron chi connectivity index (χ1n) is 8.72. The summed E-state index contributed by atoms with van der Waals surface area (Å²) in [6.45, 7) is 8.01. The summed E-state index contributed by atoms with van der Waals surface area (Å²) in [5, 5.41) is 0. The van der Waals surface area contributed by atoms with Crippen LogP contribution in [0.15, 0.2) is 28.7 Å². The van der Waals surface area contributed by atoms with Crippen molar-refractivity contribution in [3.05, 3.63) is 34.3 Å². The highest BCUT2D eigenvalue weighted by Gasteiger charge is 2.22. The summed E-state index contributed by atoms with van der Waals surface area (Å²) in [5.41, 5.74) is 0.607. The number of ether oxygens (including phenoxy) is 2. The van der Waals surface area contributed by atoms with E-state index in [0.29, 0.717) is 18.1 Å². The number of carbonyl (C=O) groups excluding carboxylic acids is 2. The number of hydrogen-bond acceptors (Lipinski definition) is 5. The van der Waals surface area contributed by atoms with Crippen LogP contribution in [0.1, 0.15) is 37.0 Å². The lowest BCUT2D eigenvalue weighted by Gasteiger charge is -2.33. The van der Waals surface area contributed by atoms with E-state index in [1.807, 2.05) is 12.1 Å². The highest BCUT2D eigenvalue weighted by Crippen LogP contribution is 2.13. The molecule has 1 fully saturated rings. The summed E-state index contributed by atoms with van der Waals surface area (Å²) < 4.78 is 11.9. The Morgan fingerprint density at radius 3 is 2.68 bits per heavy atom. The summed E-state index contributed by atoms with van der Waals surface area (Å²) >= 11 is 3.33. The van der Waals surface area contributed by atoms with Crippen molar-refractivity contribution in [2.45, 2.75) is 32.8 Å². The summed E-state index contributed by atoms with van der Waals surface area (Å²) in [5.74, 6) is 0.197. The van der Waals surface area contributed by atoms with Crippen molar-refractivity contribution in [1.82, 2.24) is 4.90 Å². The number of Topliss-reactive ketones (excluding diaryl/α,β-unsaturated/α-hetero) is 1. The van der Waals surface area contributed by atoms with Crippen molar-refractivity contribution in [3.8, 4) is 0 Å². The number of morpholine rings is 1. The zero-order valence-corrected chi connectivity index (χ0v) is 16.5. The molecule has 0 bridgehead atoms. The molecule has 1 saturated heterocycles. The normalized spacial score (nSPS) is 18.3. The van der Waals surface area contributed by atoms with E-state index >= 15 is 0 Å². The molecule has 1 heterocycles. The molecule has 1 aromatic rings. The lowest BCUT2D eigenvalue weighted by Crippen LogP contribution is -2.45. The summed E-state index contributed by atoms with van der Waals surface area (Å²) in [6, 6.07) is 7.12. The molecule has 0 amide bonds. The quantitative estimate of drug-likeness (QED) is 0.485. The van der Waals surface area contributed by atoms with Gasteiger partial charge in [-0.3, -0.25) is 14.5 Å². The molecule has 2 rings (SSSR count).